The van der Waals surface area contributed by atoms with Gasteiger partial charge in [0.15, 0.2) is 0 Å². The molecule has 1 heterocycles. The van der Waals surface area contributed by atoms with Crippen molar-refractivity contribution in [2.75, 3.05) is 20.8 Å². The van der Waals surface area contributed by atoms with Crippen LogP contribution < -0.4 is 9.47 Å². The molecule has 31 heavy (non-hydrogen) atoms. The van der Waals surface area contributed by atoms with Gasteiger partial charge in [-0.3, -0.25) is 9.78 Å². The molecule has 2 unspecified atom stereocenters. The third-order valence-corrected chi connectivity index (χ3v) is 5.94. The number of ether oxygens (including phenoxy) is 3. The molecule has 160 valence electrons. The number of benzene rings is 2. The Bertz CT molecular complexity index is 1020. The molecule has 0 amide bonds. The van der Waals surface area contributed by atoms with E-state index in [1.54, 1.807) is 20.4 Å². The summed E-state index contributed by atoms with van der Waals surface area (Å²) in [6, 6.07) is 21.6. The van der Waals surface area contributed by atoms with Gasteiger partial charge in [0.1, 0.15) is 17.3 Å². The number of ketones is 1. The Morgan fingerprint density at radius 3 is 2.58 bits per heavy atom. The molecular formula is C26H27NO4. The average molecular weight is 418 g/mol. The minimum atomic E-state index is -0.311. The van der Waals surface area contributed by atoms with Crippen LogP contribution in [0.2, 0.25) is 0 Å². The fourth-order valence-electron chi connectivity index (χ4n) is 4.19. The second-order valence-electron chi connectivity index (χ2n) is 7.94. The summed E-state index contributed by atoms with van der Waals surface area (Å²) < 4.78 is 16.9. The molecule has 5 heteroatoms. The van der Waals surface area contributed by atoms with E-state index in [2.05, 4.69) is 17.1 Å². The maximum atomic E-state index is 13.1. The van der Waals surface area contributed by atoms with E-state index < -0.39 is 0 Å². The fraction of sp³-hybridized carbons (Fsp3) is 0.308. The van der Waals surface area contributed by atoms with Crippen molar-refractivity contribution < 1.29 is 19.0 Å². The molecule has 2 atom stereocenters. The third kappa shape index (κ3) is 4.62. The van der Waals surface area contributed by atoms with Gasteiger partial charge in [0, 0.05) is 42.3 Å². The van der Waals surface area contributed by atoms with Crippen LogP contribution in [-0.4, -0.2) is 31.6 Å². The second-order valence-corrected chi connectivity index (χ2v) is 7.94. The van der Waals surface area contributed by atoms with Crippen LogP contribution in [-0.2, 0) is 28.0 Å². The lowest BCUT2D eigenvalue weighted by molar-refractivity contribution is -0.120. The van der Waals surface area contributed by atoms with Gasteiger partial charge < -0.3 is 14.2 Å². The van der Waals surface area contributed by atoms with Gasteiger partial charge in [-0.05, 0) is 42.3 Å². The summed E-state index contributed by atoms with van der Waals surface area (Å²) in [5, 5.41) is 0. The lowest BCUT2D eigenvalue weighted by Gasteiger charge is -2.20. The summed E-state index contributed by atoms with van der Waals surface area (Å²) in [7, 11) is 3.29. The zero-order valence-electron chi connectivity index (χ0n) is 17.9. The molecule has 0 saturated heterocycles. The first-order valence-electron chi connectivity index (χ1n) is 10.4. The maximum absolute atomic E-state index is 13.1. The normalized spacial score (nSPS) is 19.6. The maximum Gasteiger partial charge on any atom is 0.142 e. The number of rotatable bonds is 10. The van der Waals surface area contributed by atoms with Crippen LogP contribution in [0.1, 0.15) is 23.2 Å². The molecule has 2 aromatic carbocycles. The van der Waals surface area contributed by atoms with Gasteiger partial charge in [-0.2, -0.15) is 0 Å². The second kappa shape index (κ2) is 9.31. The van der Waals surface area contributed by atoms with Gasteiger partial charge in [0.05, 0.1) is 20.3 Å². The highest BCUT2D eigenvalue weighted by Gasteiger charge is 2.59. The molecule has 0 N–H and O–H groups in total. The SMILES string of the molecule is COCc1cc(OCC2(c3ccccc3)CC2C(=O)Cc2ccccn2)ccc1OC. The van der Waals surface area contributed by atoms with Crippen LogP contribution >= 0.6 is 0 Å². The Kier molecular flexibility index (Phi) is 6.33. The molecule has 1 fully saturated rings. The number of methoxy groups -OCH3 is 2. The van der Waals surface area contributed by atoms with Gasteiger partial charge >= 0.3 is 0 Å². The van der Waals surface area contributed by atoms with Gasteiger partial charge in [-0.1, -0.05) is 36.4 Å². The van der Waals surface area contributed by atoms with E-state index in [1.807, 2.05) is 54.6 Å². The highest BCUT2D eigenvalue weighted by Crippen LogP contribution is 2.55. The lowest BCUT2D eigenvalue weighted by atomic mass is 9.92. The minimum Gasteiger partial charge on any atom is -0.496 e. The van der Waals surface area contributed by atoms with Crippen LogP contribution in [0.15, 0.2) is 72.9 Å². The number of nitrogens with zero attached hydrogens (tertiary/aromatic N) is 1. The standard InChI is InChI=1S/C26H27NO4/c1-29-17-19-14-22(11-12-25(19)30-2)31-18-26(20-8-4-3-5-9-20)16-23(26)24(28)15-21-10-6-7-13-27-21/h3-14,23H,15-18H2,1-2H3. The van der Waals surface area contributed by atoms with Crippen LogP contribution in [0.25, 0.3) is 0 Å². The van der Waals surface area contributed by atoms with Crippen LogP contribution in [0.5, 0.6) is 11.5 Å². The number of pyridine rings is 1. The quantitative estimate of drug-likeness (QED) is 0.490. The molecule has 4 rings (SSSR count). The molecule has 0 aliphatic heterocycles. The summed E-state index contributed by atoms with van der Waals surface area (Å²) >= 11 is 0. The number of Topliss-reactive ketones (excluding diaryl/α,β-unsaturated/α-hetero) is 1. The van der Waals surface area contributed by atoms with E-state index in [0.29, 0.717) is 19.6 Å². The summed E-state index contributed by atoms with van der Waals surface area (Å²) in [4.78, 5) is 17.4. The van der Waals surface area contributed by atoms with Gasteiger partial charge in [-0.15, -0.1) is 0 Å². The van der Waals surface area contributed by atoms with Crippen molar-refractivity contribution in [3.63, 3.8) is 0 Å². The molecule has 3 aromatic rings. The van der Waals surface area contributed by atoms with Gasteiger partial charge in [0.25, 0.3) is 0 Å². The molecule has 0 radical (unpaired) electrons. The highest BCUT2D eigenvalue weighted by molar-refractivity contribution is 5.88. The third-order valence-electron chi connectivity index (χ3n) is 5.94. The van der Waals surface area contributed by atoms with Crippen LogP contribution in [0.3, 0.4) is 0 Å². The number of aromatic nitrogens is 1. The highest BCUT2D eigenvalue weighted by atomic mass is 16.5. The predicted octanol–water partition coefficient (Wildman–Crippen LogP) is 4.39. The summed E-state index contributed by atoms with van der Waals surface area (Å²) in [6.45, 7) is 0.879. The van der Waals surface area contributed by atoms with E-state index in [0.717, 1.165) is 34.7 Å². The minimum absolute atomic E-state index is 0.0754. The summed E-state index contributed by atoms with van der Waals surface area (Å²) in [6.07, 6.45) is 2.86. The fourth-order valence-corrected chi connectivity index (χ4v) is 4.19. The van der Waals surface area contributed by atoms with Crippen molar-refractivity contribution in [3.8, 4) is 11.5 Å². The first-order valence-corrected chi connectivity index (χ1v) is 10.4. The zero-order valence-corrected chi connectivity index (χ0v) is 17.9. The van der Waals surface area contributed by atoms with Crippen molar-refractivity contribution in [1.82, 2.24) is 4.98 Å². The van der Waals surface area contributed by atoms with E-state index in [1.165, 1.54) is 0 Å². The Balaban J connectivity index is 1.52. The molecule has 1 aromatic heterocycles. The first-order chi connectivity index (χ1) is 15.2. The van der Waals surface area contributed by atoms with E-state index in [-0.39, 0.29) is 17.1 Å². The monoisotopic (exact) mass is 417 g/mol. The van der Waals surface area contributed by atoms with Crippen LogP contribution in [0.4, 0.5) is 0 Å². The molecule has 1 aliphatic rings. The van der Waals surface area contributed by atoms with Crippen molar-refractivity contribution in [2.45, 2.75) is 24.9 Å². The number of carbonyl (C=O) groups excluding carboxylic acids is 1. The largest absolute Gasteiger partial charge is 0.496 e. The van der Waals surface area contributed by atoms with Crippen molar-refractivity contribution in [3.05, 3.63) is 89.7 Å². The number of hydrogen-bond donors (Lipinski definition) is 0. The summed E-state index contributed by atoms with van der Waals surface area (Å²) in [5.41, 5.74) is 2.56. The number of carbonyl (C=O) groups is 1. The van der Waals surface area contributed by atoms with E-state index in [4.69, 9.17) is 14.2 Å². The lowest BCUT2D eigenvalue weighted by Crippen LogP contribution is -2.24. The smallest absolute Gasteiger partial charge is 0.142 e. The van der Waals surface area contributed by atoms with E-state index >= 15 is 0 Å². The van der Waals surface area contributed by atoms with Gasteiger partial charge in [-0.25, -0.2) is 0 Å². The van der Waals surface area contributed by atoms with E-state index in [9.17, 15) is 4.79 Å². The van der Waals surface area contributed by atoms with Crippen molar-refractivity contribution in [1.29, 1.82) is 0 Å². The zero-order chi connectivity index (χ0) is 21.7. The summed E-state index contributed by atoms with van der Waals surface area (Å²) in [5.74, 6) is 1.64. The van der Waals surface area contributed by atoms with Crippen molar-refractivity contribution >= 4 is 5.78 Å². The molecule has 5 nitrogen and oxygen atoms in total. The first kappa shape index (κ1) is 21.1. The Hall–Kier alpha value is -3.18. The Morgan fingerprint density at radius 2 is 1.87 bits per heavy atom. The van der Waals surface area contributed by atoms with Crippen molar-refractivity contribution in [2.24, 2.45) is 5.92 Å². The Labute approximate surface area is 183 Å². The molecule has 0 bridgehead atoms. The predicted molar refractivity (Wildman–Crippen MR) is 118 cm³/mol. The molecule has 0 spiro atoms. The molecular weight excluding hydrogens is 390 g/mol. The molecule has 1 aliphatic carbocycles. The van der Waals surface area contributed by atoms with Gasteiger partial charge in [0.2, 0.25) is 0 Å². The Morgan fingerprint density at radius 1 is 1.06 bits per heavy atom. The van der Waals surface area contributed by atoms with Crippen LogP contribution in [0, 0.1) is 5.92 Å². The topological polar surface area (TPSA) is 57.7 Å². The number of hydrogen-bond acceptors (Lipinski definition) is 5. The average Bonchev–Trinajstić information content (AvgIpc) is 3.56. The molecule has 1 saturated carbocycles.